The SMILES string of the molecule is O=c1cc(CO)oc([C@@H](Nc2cccc[nH+]2)c2ccc3c(c2)OCO3)c1O. The fourth-order valence-corrected chi connectivity index (χ4v) is 2.86. The summed E-state index contributed by atoms with van der Waals surface area (Å²) < 4.78 is 16.4. The van der Waals surface area contributed by atoms with Gasteiger partial charge in [-0.15, -0.1) is 0 Å². The molecule has 4 N–H and O–H groups in total. The standard InChI is InChI=1S/C19H16N2O6/c22-9-12-8-13(23)18(24)19(27-12)17(21-16-3-1-2-6-20-16)11-4-5-14-15(7-11)26-10-25-14/h1-8,17,22,24H,9-10H2,(H,20,21)/p+1/t17-/m0/s1. The first-order valence-electron chi connectivity index (χ1n) is 8.25. The summed E-state index contributed by atoms with van der Waals surface area (Å²) in [5.74, 6) is 1.31. The van der Waals surface area contributed by atoms with Crippen LogP contribution in [0.4, 0.5) is 5.82 Å². The first-order chi connectivity index (χ1) is 13.2. The monoisotopic (exact) mass is 369 g/mol. The summed E-state index contributed by atoms with van der Waals surface area (Å²) in [7, 11) is 0. The van der Waals surface area contributed by atoms with Crippen molar-refractivity contribution in [1.82, 2.24) is 0 Å². The second-order valence-corrected chi connectivity index (χ2v) is 5.91. The minimum atomic E-state index is -0.725. The molecule has 0 amide bonds. The van der Waals surface area contributed by atoms with E-state index in [1.807, 2.05) is 12.1 Å². The number of hydrogen-bond donors (Lipinski definition) is 3. The van der Waals surface area contributed by atoms with Gasteiger partial charge in [0.15, 0.2) is 23.3 Å². The number of ether oxygens (including phenoxy) is 2. The lowest BCUT2D eigenvalue weighted by atomic mass is 10.0. The van der Waals surface area contributed by atoms with Crippen molar-refractivity contribution in [2.75, 3.05) is 12.1 Å². The molecule has 2 aromatic heterocycles. The van der Waals surface area contributed by atoms with E-state index >= 15 is 0 Å². The number of aliphatic hydroxyl groups excluding tert-OH is 1. The number of nitrogens with one attached hydrogen (secondary N) is 2. The van der Waals surface area contributed by atoms with E-state index in [0.29, 0.717) is 22.9 Å². The van der Waals surface area contributed by atoms with Crippen molar-refractivity contribution in [2.45, 2.75) is 12.6 Å². The van der Waals surface area contributed by atoms with Crippen LogP contribution in [0.1, 0.15) is 23.1 Å². The number of anilines is 1. The minimum Gasteiger partial charge on any atom is -0.502 e. The van der Waals surface area contributed by atoms with Crippen molar-refractivity contribution in [1.29, 1.82) is 0 Å². The second-order valence-electron chi connectivity index (χ2n) is 5.91. The van der Waals surface area contributed by atoms with Gasteiger partial charge in [0.2, 0.25) is 18.0 Å². The molecule has 0 saturated carbocycles. The molecule has 8 heteroatoms. The number of hydrogen-bond acceptors (Lipinski definition) is 7. The molecular formula is C19H17N2O6+. The number of aromatic nitrogens is 1. The molecule has 0 spiro atoms. The highest BCUT2D eigenvalue weighted by molar-refractivity contribution is 5.50. The molecule has 138 valence electrons. The molecular weight excluding hydrogens is 352 g/mol. The average molecular weight is 369 g/mol. The zero-order valence-corrected chi connectivity index (χ0v) is 14.1. The molecule has 1 atom stereocenters. The predicted octanol–water partition coefficient (Wildman–Crippen LogP) is 1.58. The molecule has 4 rings (SSSR count). The van der Waals surface area contributed by atoms with E-state index in [2.05, 4.69) is 10.3 Å². The van der Waals surface area contributed by atoms with Gasteiger partial charge in [-0.3, -0.25) is 10.1 Å². The third-order valence-electron chi connectivity index (χ3n) is 4.16. The Labute approximate surface area is 153 Å². The molecule has 1 aliphatic heterocycles. The molecule has 0 bridgehead atoms. The van der Waals surface area contributed by atoms with Crippen molar-refractivity contribution < 1.29 is 29.1 Å². The quantitative estimate of drug-likeness (QED) is 0.625. The van der Waals surface area contributed by atoms with Crippen LogP contribution in [0, 0.1) is 0 Å². The van der Waals surface area contributed by atoms with Crippen LogP contribution < -0.4 is 25.2 Å². The number of aliphatic hydroxyl groups is 1. The van der Waals surface area contributed by atoms with E-state index in [1.165, 1.54) is 0 Å². The lowest BCUT2D eigenvalue weighted by molar-refractivity contribution is -0.361. The molecule has 27 heavy (non-hydrogen) atoms. The summed E-state index contributed by atoms with van der Waals surface area (Å²) in [5.41, 5.74) is 0.0370. The van der Waals surface area contributed by atoms with Crippen LogP contribution in [-0.2, 0) is 6.61 Å². The first-order valence-corrected chi connectivity index (χ1v) is 8.25. The summed E-state index contributed by atoms with van der Waals surface area (Å²) in [4.78, 5) is 15.1. The van der Waals surface area contributed by atoms with Gasteiger partial charge in [-0.25, -0.2) is 4.98 Å². The van der Waals surface area contributed by atoms with E-state index in [-0.39, 0.29) is 18.3 Å². The highest BCUT2D eigenvalue weighted by Crippen LogP contribution is 2.38. The van der Waals surface area contributed by atoms with Crippen LogP contribution in [0.25, 0.3) is 0 Å². The largest absolute Gasteiger partial charge is 0.502 e. The molecule has 0 fully saturated rings. The minimum absolute atomic E-state index is 0.0114. The van der Waals surface area contributed by atoms with Crippen LogP contribution in [0.5, 0.6) is 17.2 Å². The number of H-pyrrole nitrogens is 1. The zero-order valence-electron chi connectivity index (χ0n) is 14.1. The van der Waals surface area contributed by atoms with E-state index in [1.54, 1.807) is 30.5 Å². The van der Waals surface area contributed by atoms with Crippen LogP contribution in [0.2, 0.25) is 0 Å². The van der Waals surface area contributed by atoms with Crippen molar-refractivity contribution in [3.05, 3.63) is 76.0 Å². The fraction of sp³-hybridized carbons (Fsp3) is 0.158. The Morgan fingerprint density at radius 1 is 1.15 bits per heavy atom. The second kappa shape index (κ2) is 7.00. The smallest absolute Gasteiger partial charge is 0.273 e. The summed E-state index contributed by atoms with van der Waals surface area (Å²) in [6.07, 6.45) is 1.74. The van der Waals surface area contributed by atoms with Crippen LogP contribution in [-0.4, -0.2) is 17.0 Å². The van der Waals surface area contributed by atoms with Crippen molar-refractivity contribution in [3.8, 4) is 17.2 Å². The summed E-state index contributed by atoms with van der Waals surface area (Å²) in [6.45, 7) is -0.336. The van der Waals surface area contributed by atoms with Crippen molar-refractivity contribution in [3.63, 3.8) is 0 Å². The van der Waals surface area contributed by atoms with Gasteiger partial charge in [0.05, 0.1) is 6.20 Å². The van der Waals surface area contributed by atoms with Gasteiger partial charge in [0.1, 0.15) is 12.4 Å². The molecule has 1 aromatic carbocycles. The Bertz CT molecular complexity index is 1020. The molecule has 0 radical (unpaired) electrons. The number of benzene rings is 1. The van der Waals surface area contributed by atoms with E-state index in [4.69, 9.17) is 13.9 Å². The van der Waals surface area contributed by atoms with Crippen molar-refractivity contribution in [2.24, 2.45) is 0 Å². The number of aromatic amines is 1. The molecule has 8 nitrogen and oxygen atoms in total. The third-order valence-corrected chi connectivity index (χ3v) is 4.16. The molecule has 1 aliphatic rings. The van der Waals surface area contributed by atoms with Gasteiger partial charge in [-0.1, -0.05) is 12.1 Å². The maximum atomic E-state index is 12.1. The molecule has 3 aromatic rings. The van der Waals surface area contributed by atoms with Gasteiger partial charge >= 0.3 is 0 Å². The van der Waals surface area contributed by atoms with Gasteiger partial charge in [-0.2, -0.15) is 0 Å². The van der Waals surface area contributed by atoms with Gasteiger partial charge in [0.25, 0.3) is 5.82 Å². The zero-order chi connectivity index (χ0) is 18.8. The molecule has 0 unspecified atom stereocenters. The Morgan fingerprint density at radius 2 is 2.00 bits per heavy atom. The lowest BCUT2D eigenvalue weighted by Crippen LogP contribution is -2.20. The van der Waals surface area contributed by atoms with Gasteiger partial charge < -0.3 is 24.1 Å². The summed E-state index contributed by atoms with van der Waals surface area (Å²) in [6, 6.07) is 11.0. The van der Waals surface area contributed by atoms with Crippen LogP contribution >= 0.6 is 0 Å². The van der Waals surface area contributed by atoms with E-state index in [9.17, 15) is 15.0 Å². The first kappa shape index (κ1) is 16.9. The number of rotatable bonds is 5. The fourth-order valence-electron chi connectivity index (χ4n) is 2.86. The Morgan fingerprint density at radius 3 is 2.78 bits per heavy atom. The number of fused-ring (bicyclic) bond motifs is 1. The Hall–Kier alpha value is -3.52. The highest BCUT2D eigenvalue weighted by Gasteiger charge is 2.29. The van der Waals surface area contributed by atoms with Crippen molar-refractivity contribution >= 4 is 5.82 Å². The predicted molar refractivity (Wildman–Crippen MR) is 93.6 cm³/mol. The summed E-state index contributed by atoms with van der Waals surface area (Å²) in [5, 5.41) is 22.9. The third kappa shape index (κ3) is 3.30. The molecule has 3 heterocycles. The molecule has 0 saturated heterocycles. The van der Waals surface area contributed by atoms with Crippen LogP contribution in [0.3, 0.4) is 0 Å². The maximum Gasteiger partial charge on any atom is 0.273 e. The highest BCUT2D eigenvalue weighted by atomic mass is 16.7. The lowest BCUT2D eigenvalue weighted by Gasteiger charge is -2.16. The average Bonchev–Trinajstić information content (AvgIpc) is 3.17. The van der Waals surface area contributed by atoms with Gasteiger partial charge in [0, 0.05) is 17.7 Å². The van der Waals surface area contributed by atoms with E-state index in [0.717, 1.165) is 6.07 Å². The van der Waals surface area contributed by atoms with Gasteiger partial charge in [-0.05, 0) is 18.2 Å². The number of pyridine rings is 1. The maximum absolute atomic E-state index is 12.1. The summed E-state index contributed by atoms with van der Waals surface area (Å²) >= 11 is 0. The topological polar surface area (TPSA) is 115 Å². The van der Waals surface area contributed by atoms with E-state index < -0.39 is 23.8 Å². The molecule has 0 aliphatic carbocycles. The Balaban J connectivity index is 1.84. The normalized spacial score (nSPS) is 13.4. The number of aromatic hydroxyl groups is 1. The van der Waals surface area contributed by atoms with Crippen LogP contribution in [0.15, 0.2) is 57.9 Å². The Kier molecular flexibility index (Phi) is 4.39.